The van der Waals surface area contributed by atoms with E-state index >= 15 is 0 Å². The van der Waals surface area contributed by atoms with Crippen molar-refractivity contribution in [3.63, 3.8) is 0 Å². The third-order valence-corrected chi connectivity index (χ3v) is 4.88. The monoisotopic (exact) mass is 502 g/mol. The quantitative estimate of drug-likeness (QED) is 0.394. The summed E-state index contributed by atoms with van der Waals surface area (Å²) in [7, 11) is 1.16. The molecule has 0 saturated heterocycles. The minimum absolute atomic E-state index is 0.161. The normalized spacial score (nSPS) is 10.5. The van der Waals surface area contributed by atoms with Gasteiger partial charge < -0.3 is 20.3 Å². The molecule has 3 aromatic rings. The number of nitrogens with zero attached hydrogens (tertiary/aromatic N) is 3. The minimum atomic E-state index is -1.64. The number of carbonyl (C=O) groups excluding carboxylic acids is 2. The van der Waals surface area contributed by atoms with Crippen molar-refractivity contribution in [3.05, 3.63) is 68.3 Å². The second-order valence-corrected chi connectivity index (χ2v) is 7.57. The van der Waals surface area contributed by atoms with Crippen LogP contribution >= 0.6 is 11.6 Å². The molecule has 3 rings (SSSR count). The van der Waals surface area contributed by atoms with Crippen LogP contribution in [0.3, 0.4) is 0 Å². The van der Waals surface area contributed by atoms with Gasteiger partial charge in [-0.3, -0.25) is 19.0 Å². The van der Waals surface area contributed by atoms with E-state index in [1.54, 1.807) is 12.1 Å². The number of aromatic nitrogens is 2. The van der Waals surface area contributed by atoms with Crippen LogP contribution in [-0.2, 0) is 16.6 Å². The first-order valence-corrected chi connectivity index (χ1v) is 10.2. The van der Waals surface area contributed by atoms with Crippen LogP contribution in [0.15, 0.2) is 52.1 Å². The molecule has 0 saturated carbocycles. The molecule has 0 unspecified atom stereocenters. The van der Waals surface area contributed by atoms with Crippen LogP contribution in [0.25, 0.3) is 5.69 Å². The topological polar surface area (TPSA) is 163 Å². The number of nitrogen functional groups attached to an aromatic ring is 1. The van der Waals surface area contributed by atoms with Crippen molar-refractivity contribution in [3.8, 4) is 17.2 Å². The van der Waals surface area contributed by atoms with E-state index in [0.29, 0.717) is 9.47 Å². The first-order valence-electron chi connectivity index (χ1n) is 9.83. The van der Waals surface area contributed by atoms with Gasteiger partial charge in [0.05, 0.1) is 11.4 Å². The lowest BCUT2D eigenvalue weighted by Gasteiger charge is -2.23. The lowest BCUT2D eigenvalue weighted by molar-refractivity contribution is -0.134. The van der Waals surface area contributed by atoms with Crippen molar-refractivity contribution in [1.82, 2.24) is 9.13 Å². The SMILES string of the molecule is CC(=O)Oc1ccc(N(C(=O)O)c2c(N)n(-c3cccc(Cl)c3)c(=O)n(C)c2=O)cc1OC(C)=O. The lowest BCUT2D eigenvalue weighted by atomic mass is 10.2. The highest BCUT2D eigenvalue weighted by Crippen LogP contribution is 2.36. The molecule has 0 aliphatic heterocycles. The molecular weight excluding hydrogens is 484 g/mol. The third-order valence-electron chi connectivity index (χ3n) is 4.64. The van der Waals surface area contributed by atoms with Crippen LogP contribution < -0.4 is 31.4 Å². The number of ether oxygens (including phenoxy) is 2. The summed E-state index contributed by atoms with van der Waals surface area (Å²) in [5.74, 6) is -2.42. The van der Waals surface area contributed by atoms with Gasteiger partial charge in [0, 0.05) is 32.0 Å². The second kappa shape index (κ2) is 9.73. The van der Waals surface area contributed by atoms with Gasteiger partial charge in [0.25, 0.3) is 5.56 Å². The molecule has 1 amide bonds. The molecule has 3 N–H and O–H groups in total. The first kappa shape index (κ1) is 25.1. The van der Waals surface area contributed by atoms with E-state index in [1.807, 2.05) is 0 Å². The van der Waals surface area contributed by atoms with E-state index in [1.165, 1.54) is 24.3 Å². The average Bonchev–Trinajstić information content (AvgIpc) is 2.76. The molecule has 182 valence electrons. The number of benzene rings is 2. The summed E-state index contributed by atoms with van der Waals surface area (Å²) in [6, 6.07) is 9.45. The number of anilines is 3. The van der Waals surface area contributed by atoms with E-state index in [9.17, 15) is 29.1 Å². The lowest BCUT2D eigenvalue weighted by Crippen LogP contribution is -2.43. The standard InChI is InChI=1S/C22H19ClN4O8/c1-11(28)34-16-8-7-15(10-17(16)35-12(2)29)26(22(32)33)18-19(24)27(21(31)25(3)20(18)30)14-6-4-5-13(23)9-14/h4-10H,24H2,1-3H3,(H,32,33). The summed E-state index contributed by atoms with van der Waals surface area (Å²) < 4.78 is 11.6. The van der Waals surface area contributed by atoms with Crippen molar-refractivity contribution >= 4 is 46.8 Å². The number of carbonyl (C=O) groups is 3. The number of hydrogen-bond donors (Lipinski definition) is 2. The summed E-state index contributed by atoms with van der Waals surface area (Å²) in [5, 5.41) is 10.3. The van der Waals surface area contributed by atoms with Gasteiger partial charge in [-0.2, -0.15) is 0 Å². The van der Waals surface area contributed by atoms with Crippen LogP contribution in [-0.4, -0.2) is 32.3 Å². The van der Waals surface area contributed by atoms with Gasteiger partial charge in [0.2, 0.25) is 0 Å². The highest BCUT2D eigenvalue weighted by atomic mass is 35.5. The van der Waals surface area contributed by atoms with Gasteiger partial charge in [-0.15, -0.1) is 0 Å². The smallest absolute Gasteiger partial charge is 0.416 e. The zero-order valence-corrected chi connectivity index (χ0v) is 19.4. The molecule has 13 heteroatoms. The molecular formula is C22H19ClN4O8. The summed E-state index contributed by atoms with van der Waals surface area (Å²) in [6.45, 7) is 2.21. The van der Waals surface area contributed by atoms with Crippen LogP contribution in [0.2, 0.25) is 5.02 Å². The Labute approximate surface area is 202 Å². The molecule has 2 aromatic carbocycles. The molecule has 0 atom stereocenters. The summed E-state index contributed by atoms with van der Waals surface area (Å²) in [6.07, 6.45) is -1.64. The van der Waals surface area contributed by atoms with Gasteiger partial charge in [-0.1, -0.05) is 17.7 Å². The second-order valence-electron chi connectivity index (χ2n) is 7.13. The summed E-state index contributed by atoms with van der Waals surface area (Å²) in [5.41, 5.74) is 3.75. The molecule has 0 aliphatic rings. The molecule has 0 radical (unpaired) electrons. The van der Waals surface area contributed by atoms with Crippen molar-refractivity contribution < 1.29 is 29.0 Å². The highest BCUT2D eigenvalue weighted by molar-refractivity contribution is 6.30. The molecule has 35 heavy (non-hydrogen) atoms. The van der Waals surface area contributed by atoms with Crippen molar-refractivity contribution in [2.24, 2.45) is 7.05 Å². The maximum atomic E-state index is 13.0. The molecule has 0 aliphatic carbocycles. The highest BCUT2D eigenvalue weighted by Gasteiger charge is 2.28. The maximum Gasteiger partial charge on any atom is 0.416 e. The number of carboxylic acid groups (broad SMARTS) is 1. The Kier molecular flexibility index (Phi) is 6.96. The van der Waals surface area contributed by atoms with Gasteiger partial charge in [-0.25, -0.2) is 19.1 Å². The minimum Gasteiger partial charge on any atom is -0.464 e. The number of hydrogen-bond acceptors (Lipinski definition) is 8. The predicted octanol–water partition coefficient (Wildman–Crippen LogP) is 2.44. The zero-order chi connectivity index (χ0) is 26.0. The van der Waals surface area contributed by atoms with E-state index in [4.69, 9.17) is 26.8 Å². The number of nitrogens with two attached hydrogens (primary N) is 1. The van der Waals surface area contributed by atoms with Crippen molar-refractivity contribution in [1.29, 1.82) is 0 Å². The fourth-order valence-electron chi connectivity index (χ4n) is 3.23. The molecule has 0 fully saturated rings. The van der Waals surface area contributed by atoms with Crippen molar-refractivity contribution in [2.75, 3.05) is 10.6 Å². The summed E-state index contributed by atoms with van der Waals surface area (Å²) >= 11 is 6.02. The van der Waals surface area contributed by atoms with Gasteiger partial charge in [0.1, 0.15) is 5.82 Å². The molecule has 1 aromatic heterocycles. The summed E-state index contributed by atoms with van der Waals surface area (Å²) in [4.78, 5) is 61.7. The number of esters is 2. The van der Waals surface area contributed by atoms with Gasteiger partial charge >= 0.3 is 23.7 Å². The van der Waals surface area contributed by atoms with Crippen LogP contribution in [0.5, 0.6) is 11.5 Å². The van der Waals surface area contributed by atoms with E-state index in [2.05, 4.69) is 0 Å². The Morgan fingerprint density at radius 1 is 1.00 bits per heavy atom. The van der Waals surface area contributed by atoms with E-state index in [0.717, 1.165) is 31.5 Å². The molecule has 0 bridgehead atoms. The molecule has 12 nitrogen and oxygen atoms in total. The Morgan fingerprint density at radius 2 is 1.63 bits per heavy atom. The molecule has 1 heterocycles. The maximum absolute atomic E-state index is 13.0. The first-order chi connectivity index (χ1) is 16.4. The van der Waals surface area contributed by atoms with Crippen molar-refractivity contribution in [2.45, 2.75) is 13.8 Å². The van der Waals surface area contributed by atoms with Crippen LogP contribution in [0, 0.1) is 0 Å². The predicted molar refractivity (Wildman–Crippen MR) is 126 cm³/mol. The Bertz CT molecular complexity index is 1480. The van der Waals surface area contributed by atoms with Gasteiger partial charge in [0.15, 0.2) is 17.2 Å². The Hall–Kier alpha value is -4.58. The fraction of sp³-hybridized carbons (Fsp3) is 0.136. The number of halogens is 1. The van der Waals surface area contributed by atoms with Crippen LogP contribution in [0.4, 0.5) is 22.0 Å². The number of amides is 1. The van der Waals surface area contributed by atoms with Gasteiger partial charge in [-0.05, 0) is 30.3 Å². The number of rotatable bonds is 5. The average molecular weight is 503 g/mol. The zero-order valence-electron chi connectivity index (χ0n) is 18.6. The third kappa shape index (κ3) is 5.01. The molecule has 0 spiro atoms. The Morgan fingerprint density at radius 3 is 2.20 bits per heavy atom. The Balaban J connectivity index is 2.32. The van der Waals surface area contributed by atoms with E-state index in [-0.39, 0.29) is 27.9 Å². The largest absolute Gasteiger partial charge is 0.464 e. The van der Waals surface area contributed by atoms with E-state index < -0.39 is 40.8 Å². The fourth-order valence-corrected chi connectivity index (χ4v) is 3.42. The van der Waals surface area contributed by atoms with Crippen LogP contribution in [0.1, 0.15) is 13.8 Å².